The SMILES string of the molecule is CCOC(=O)c1cccc(-n2c(C)cc(/C=N/NC(=O)Nc3ccccc3)c2C)c1. The summed E-state index contributed by atoms with van der Waals surface area (Å²) in [6.07, 6.45) is 1.60. The molecule has 0 fully saturated rings. The van der Waals surface area contributed by atoms with Gasteiger partial charge in [-0.3, -0.25) is 0 Å². The molecule has 2 aromatic carbocycles. The highest BCUT2D eigenvalue weighted by Crippen LogP contribution is 2.21. The Labute approximate surface area is 175 Å². The van der Waals surface area contributed by atoms with Crippen molar-refractivity contribution < 1.29 is 14.3 Å². The summed E-state index contributed by atoms with van der Waals surface area (Å²) in [6.45, 7) is 6.03. The third kappa shape index (κ3) is 4.94. The van der Waals surface area contributed by atoms with Crippen LogP contribution in [-0.4, -0.2) is 29.4 Å². The van der Waals surface area contributed by atoms with E-state index in [4.69, 9.17) is 4.74 Å². The Bertz CT molecular complexity index is 1070. The van der Waals surface area contributed by atoms with Crippen molar-refractivity contribution in [1.29, 1.82) is 0 Å². The van der Waals surface area contributed by atoms with E-state index in [0.717, 1.165) is 22.6 Å². The van der Waals surface area contributed by atoms with E-state index >= 15 is 0 Å². The Morgan fingerprint density at radius 2 is 1.83 bits per heavy atom. The molecule has 0 aliphatic carbocycles. The van der Waals surface area contributed by atoms with Crippen molar-refractivity contribution in [2.45, 2.75) is 20.8 Å². The summed E-state index contributed by atoms with van der Waals surface area (Å²) < 4.78 is 7.11. The van der Waals surface area contributed by atoms with Gasteiger partial charge in [0.05, 0.1) is 18.4 Å². The van der Waals surface area contributed by atoms with Crippen LogP contribution in [0.15, 0.2) is 65.8 Å². The summed E-state index contributed by atoms with van der Waals surface area (Å²) >= 11 is 0. The maximum atomic E-state index is 12.0. The van der Waals surface area contributed by atoms with Gasteiger partial charge in [0.25, 0.3) is 0 Å². The van der Waals surface area contributed by atoms with Gasteiger partial charge >= 0.3 is 12.0 Å². The number of nitrogens with zero attached hydrogens (tertiary/aromatic N) is 2. The Morgan fingerprint density at radius 3 is 2.57 bits per heavy atom. The Balaban J connectivity index is 1.74. The molecule has 0 saturated carbocycles. The van der Waals surface area contributed by atoms with Crippen LogP contribution in [0.1, 0.15) is 34.2 Å². The molecule has 3 aromatic rings. The molecule has 0 radical (unpaired) electrons. The van der Waals surface area contributed by atoms with Crippen LogP contribution in [0.5, 0.6) is 0 Å². The average molecular weight is 404 g/mol. The molecule has 2 N–H and O–H groups in total. The molecule has 2 amide bonds. The number of hydrogen-bond donors (Lipinski definition) is 2. The number of hydrazone groups is 1. The van der Waals surface area contributed by atoms with E-state index in [-0.39, 0.29) is 5.97 Å². The lowest BCUT2D eigenvalue weighted by atomic mass is 10.2. The van der Waals surface area contributed by atoms with E-state index in [1.54, 1.807) is 37.4 Å². The number of anilines is 1. The van der Waals surface area contributed by atoms with Gasteiger partial charge in [-0.2, -0.15) is 5.10 Å². The second-order valence-electron chi connectivity index (χ2n) is 6.62. The van der Waals surface area contributed by atoms with Crippen LogP contribution in [0.2, 0.25) is 0 Å². The predicted octanol–water partition coefficient (Wildman–Crippen LogP) is 4.43. The van der Waals surface area contributed by atoms with Gasteiger partial charge in [0.15, 0.2) is 0 Å². The van der Waals surface area contributed by atoms with Crippen molar-refractivity contribution in [2.75, 3.05) is 11.9 Å². The first-order chi connectivity index (χ1) is 14.5. The topological polar surface area (TPSA) is 84.7 Å². The van der Waals surface area contributed by atoms with Gasteiger partial charge in [-0.1, -0.05) is 24.3 Å². The smallest absolute Gasteiger partial charge is 0.339 e. The fraction of sp³-hybridized carbons (Fsp3) is 0.174. The number of para-hydroxylation sites is 1. The van der Waals surface area contributed by atoms with E-state index in [1.807, 2.05) is 54.8 Å². The summed E-state index contributed by atoms with van der Waals surface area (Å²) in [7, 11) is 0. The molecule has 0 aliphatic rings. The lowest BCUT2D eigenvalue weighted by Crippen LogP contribution is -2.24. The summed E-state index contributed by atoms with van der Waals surface area (Å²) in [5, 5.41) is 6.74. The Morgan fingerprint density at radius 1 is 1.07 bits per heavy atom. The molecule has 0 unspecified atom stereocenters. The number of rotatable bonds is 6. The molecule has 0 atom stereocenters. The molecule has 7 nitrogen and oxygen atoms in total. The zero-order valence-corrected chi connectivity index (χ0v) is 17.2. The van der Waals surface area contributed by atoms with Gasteiger partial charge in [-0.25, -0.2) is 15.0 Å². The molecule has 0 bridgehead atoms. The normalized spacial score (nSPS) is 10.8. The molecule has 154 valence electrons. The number of esters is 1. The Hall–Kier alpha value is -3.87. The second-order valence-corrected chi connectivity index (χ2v) is 6.62. The Kier molecular flexibility index (Phi) is 6.64. The first-order valence-electron chi connectivity index (χ1n) is 9.61. The molecule has 1 aromatic heterocycles. The summed E-state index contributed by atoms with van der Waals surface area (Å²) in [5.41, 5.74) is 7.26. The van der Waals surface area contributed by atoms with E-state index in [0.29, 0.717) is 17.9 Å². The minimum atomic E-state index is -0.423. The van der Waals surface area contributed by atoms with Gasteiger partial charge < -0.3 is 14.6 Å². The van der Waals surface area contributed by atoms with Crippen molar-refractivity contribution >= 4 is 23.9 Å². The standard InChI is InChI=1S/C23H24N4O3/c1-4-30-22(28)18-9-8-12-21(14-18)27-16(2)13-19(17(27)3)15-24-26-23(29)25-20-10-6-5-7-11-20/h5-15H,4H2,1-3H3,(H2,25,26,29)/b24-15+. The number of carbonyl (C=O) groups excluding carboxylic acids is 2. The van der Waals surface area contributed by atoms with Crippen LogP contribution in [0.4, 0.5) is 10.5 Å². The monoisotopic (exact) mass is 404 g/mol. The van der Waals surface area contributed by atoms with Gasteiger partial charge in [0, 0.05) is 28.3 Å². The van der Waals surface area contributed by atoms with Crippen molar-refractivity contribution in [3.05, 3.63) is 83.2 Å². The van der Waals surface area contributed by atoms with Gasteiger partial charge in [0.2, 0.25) is 0 Å². The third-order valence-electron chi connectivity index (χ3n) is 4.49. The van der Waals surface area contributed by atoms with Crippen LogP contribution in [0, 0.1) is 13.8 Å². The van der Waals surface area contributed by atoms with Crippen molar-refractivity contribution in [3.63, 3.8) is 0 Å². The molecule has 30 heavy (non-hydrogen) atoms. The number of benzene rings is 2. The highest BCUT2D eigenvalue weighted by molar-refractivity contribution is 5.91. The highest BCUT2D eigenvalue weighted by Gasteiger charge is 2.12. The number of carbonyl (C=O) groups is 2. The van der Waals surface area contributed by atoms with E-state index in [2.05, 4.69) is 15.8 Å². The minimum absolute atomic E-state index is 0.329. The lowest BCUT2D eigenvalue weighted by molar-refractivity contribution is 0.0526. The highest BCUT2D eigenvalue weighted by atomic mass is 16.5. The van der Waals surface area contributed by atoms with Gasteiger partial charge in [-0.15, -0.1) is 0 Å². The lowest BCUT2D eigenvalue weighted by Gasteiger charge is -2.11. The number of aryl methyl sites for hydroxylation is 1. The summed E-state index contributed by atoms with van der Waals surface area (Å²) in [5.74, 6) is -0.350. The van der Waals surface area contributed by atoms with Crippen molar-refractivity contribution in [3.8, 4) is 5.69 Å². The molecule has 0 aliphatic heterocycles. The number of hydrogen-bond acceptors (Lipinski definition) is 4. The fourth-order valence-electron chi connectivity index (χ4n) is 3.14. The predicted molar refractivity (Wildman–Crippen MR) is 117 cm³/mol. The van der Waals surface area contributed by atoms with Gasteiger partial charge in [0.1, 0.15) is 0 Å². The largest absolute Gasteiger partial charge is 0.462 e. The number of nitrogens with one attached hydrogen (secondary N) is 2. The first-order valence-corrected chi connectivity index (χ1v) is 9.61. The van der Waals surface area contributed by atoms with Crippen molar-refractivity contribution in [2.24, 2.45) is 5.10 Å². The number of ether oxygens (including phenoxy) is 1. The molecule has 0 saturated heterocycles. The van der Waals surface area contributed by atoms with E-state index in [9.17, 15) is 9.59 Å². The molecular weight excluding hydrogens is 380 g/mol. The summed E-state index contributed by atoms with van der Waals surface area (Å²) in [6, 6.07) is 18.0. The van der Waals surface area contributed by atoms with E-state index < -0.39 is 6.03 Å². The van der Waals surface area contributed by atoms with Crippen LogP contribution >= 0.6 is 0 Å². The second kappa shape index (κ2) is 9.56. The van der Waals surface area contributed by atoms with Crippen LogP contribution < -0.4 is 10.7 Å². The summed E-state index contributed by atoms with van der Waals surface area (Å²) in [4.78, 5) is 24.0. The zero-order chi connectivity index (χ0) is 21.5. The molecule has 3 rings (SSSR count). The van der Waals surface area contributed by atoms with Crippen LogP contribution in [0.3, 0.4) is 0 Å². The van der Waals surface area contributed by atoms with Crippen molar-refractivity contribution in [1.82, 2.24) is 9.99 Å². The first kappa shape index (κ1) is 20.9. The molecular formula is C23H24N4O3. The van der Waals surface area contributed by atoms with E-state index in [1.165, 1.54) is 0 Å². The molecule has 1 heterocycles. The minimum Gasteiger partial charge on any atom is -0.462 e. The number of amides is 2. The maximum Gasteiger partial charge on any atom is 0.339 e. The number of urea groups is 1. The maximum absolute atomic E-state index is 12.0. The number of aromatic nitrogens is 1. The molecule has 0 spiro atoms. The molecule has 7 heteroatoms. The fourth-order valence-corrected chi connectivity index (χ4v) is 3.14. The third-order valence-corrected chi connectivity index (χ3v) is 4.49. The zero-order valence-electron chi connectivity index (χ0n) is 17.2. The van der Waals surface area contributed by atoms with Crippen LogP contribution in [0.25, 0.3) is 5.69 Å². The quantitative estimate of drug-likeness (QED) is 0.362. The van der Waals surface area contributed by atoms with Crippen LogP contribution in [-0.2, 0) is 4.74 Å². The van der Waals surface area contributed by atoms with Gasteiger partial charge in [-0.05, 0) is 57.2 Å². The average Bonchev–Trinajstić information content (AvgIpc) is 3.02.